The summed E-state index contributed by atoms with van der Waals surface area (Å²) in [5.41, 5.74) is 4.35. The summed E-state index contributed by atoms with van der Waals surface area (Å²) in [4.78, 5) is 4.18. The van der Waals surface area contributed by atoms with Gasteiger partial charge in [0.15, 0.2) is 0 Å². The van der Waals surface area contributed by atoms with E-state index in [1.165, 1.54) is 12.8 Å². The molecule has 0 fully saturated rings. The van der Waals surface area contributed by atoms with Gasteiger partial charge in [0.05, 0.1) is 18.0 Å². The number of ether oxygens (including phenoxy) is 1. The van der Waals surface area contributed by atoms with Gasteiger partial charge in [-0.3, -0.25) is 10.8 Å². The van der Waals surface area contributed by atoms with Crippen LogP contribution in [0.4, 0.5) is 5.69 Å². The van der Waals surface area contributed by atoms with Crippen LogP contribution in [0.25, 0.3) is 0 Å². The SMILES string of the molecule is CCCCCOCc1cc(NN)ccn1. The lowest BCUT2D eigenvalue weighted by Gasteiger charge is -2.05. The van der Waals surface area contributed by atoms with Gasteiger partial charge >= 0.3 is 0 Å². The summed E-state index contributed by atoms with van der Waals surface area (Å²) in [6.45, 7) is 3.53. The van der Waals surface area contributed by atoms with Crippen LogP contribution in [-0.4, -0.2) is 11.6 Å². The fraction of sp³-hybridized carbons (Fsp3) is 0.545. The number of anilines is 1. The summed E-state index contributed by atoms with van der Waals surface area (Å²) < 4.78 is 5.49. The first-order valence-corrected chi connectivity index (χ1v) is 5.36. The van der Waals surface area contributed by atoms with Crippen molar-refractivity contribution in [3.8, 4) is 0 Å². The molecule has 4 nitrogen and oxygen atoms in total. The van der Waals surface area contributed by atoms with E-state index in [2.05, 4.69) is 17.3 Å². The average Bonchev–Trinajstić information content (AvgIpc) is 2.29. The third-order valence-corrected chi connectivity index (χ3v) is 2.13. The molecule has 15 heavy (non-hydrogen) atoms. The summed E-state index contributed by atoms with van der Waals surface area (Å²) in [6.07, 6.45) is 5.28. The number of hydrogen-bond acceptors (Lipinski definition) is 4. The molecule has 0 radical (unpaired) electrons. The molecule has 1 rings (SSSR count). The second kappa shape index (κ2) is 7.20. The second-order valence-electron chi connectivity index (χ2n) is 3.44. The van der Waals surface area contributed by atoms with Crippen molar-refractivity contribution in [2.24, 2.45) is 5.84 Å². The van der Waals surface area contributed by atoms with Crippen LogP contribution in [0.2, 0.25) is 0 Å². The van der Waals surface area contributed by atoms with Gasteiger partial charge in [0, 0.05) is 12.8 Å². The fourth-order valence-corrected chi connectivity index (χ4v) is 1.28. The van der Waals surface area contributed by atoms with Gasteiger partial charge in [-0.15, -0.1) is 0 Å². The van der Waals surface area contributed by atoms with Crippen molar-refractivity contribution < 1.29 is 4.74 Å². The quantitative estimate of drug-likeness (QED) is 0.410. The lowest BCUT2D eigenvalue weighted by atomic mass is 10.3. The number of rotatable bonds is 7. The number of nitrogens with one attached hydrogen (secondary N) is 1. The first-order valence-electron chi connectivity index (χ1n) is 5.36. The molecule has 0 spiro atoms. The average molecular weight is 209 g/mol. The number of unbranched alkanes of at least 4 members (excludes halogenated alkanes) is 2. The lowest BCUT2D eigenvalue weighted by molar-refractivity contribution is 0.114. The van der Waals surface area contributed by atoms with E-state index in [0.29, 0.717) is 6.61 Å². The molecule has 4 heteroatoms. The van der Waals surface area contributed by atoms with Crippen LogP contribution in [-0.2, 0) is 11.3 Å². The highest BCUT2D eigenvalue weighted by Crippen LogP contribution is 2.07. The Kier molecular flexibility index (Phi) is 5.73. The highest BCUT2D eigenvalue weighted by Gasteiger charge is 1.96. The Morgan fingerprint density at radius 2 is 2.33 bits per heavy atom. The molecule has 0 aromatic carbocycles. The standard InChI is InChI=1S/C11H19N3O/c1-2-3-4-7-15-9-11-8-10(14-12)5-6-13-11/h5-6,8H,2-4,7,9,12H2,1H3,(H,13,14). The van der Waals surface area contributed by atoms with Crippen molar-refractivity contribution >= 4 is 5.69 Å². The topological polar surface area (TPSA) is 60.2 Å². The summed E-state index contributed by atoms with van der Waals surface area (Å²) in [6, 6.07) is 3.71. The van der Waals surface area contributed by atoms with Gasteiger partial charge in [-0.1, -0.05) is 19.8 Å². The normalized spacial score (nSPS) is 10.3. The Labute approximate surface area is 90.8 Å². The van der Waals surface area contributed by atoms with Crippen LogP contribution >= 0.6 is 0 Å². The van der Waals surface area contributed by atoms with Crippen molar-refractivity contribution in [2.45, 2.75) is 32.8 Å². The smallest absolute Gasteiger partial charge is 0.0888 e. The van der Waals surface area contributed by atoms with Crippen molar-refractivity contribution in [1.82, 2.24) is 4.98 Å². The van der Waals surface area contributed by atoms with E-state index in [1.54, 1.807) is 6.20 Å². The zero-order valence-corrected chi connectivity index (χ0v) is 9.20. The molecule has 1 heterocycles. The van der Waals surface area contributed by atoms with Crippen LogP contribution in [0.5, 0.6) is 0 Å². The summed E-state index contributed by atoms with van der Waals surface area (Å²) in [5, 5.41) is 0. The first-order chi connectivity index (χ1) is 7.36. The molecule has 84 valence electrons. The Balaban J connectivity index is 2.24. The summed E-state index contributed by atoms with van der Waals surface area (Å²) >= 11 is 0. The predicted octanol–water partition coefficient (Wildman–Crippen LogP) is 2.07. The van der Waals surface area contributed by atoms with Crippen LogP contribution in [0, 0.1) is 0 Å². The molecule has 1 aromatic heterocycles. The number of hydrogen-bond donors (Lipinski definition) is 2. The molecule has 3 N–H and O–H groups in total. The van der Waals surface area contributed by atoms with Crippen molar-refractivity contribution in [3.63, 3.8) is 0 Å². The number of aromatic nitrogens is 1. The Bertz CT molecular complexity index is 278. The molecule has 0 unspecified atom stereocenters. The first kappa shape index (κ1) is 11.9. The zero-order chi connectivity index (χ0) is 10.9. The number of hydrazine groups is 1. The lowest BCUT2D eigenvalue weighted by Crippen LogP contribution is -2.07. The Morgan fingerprint density at radius 1 is 1.47 bits per heavy atom. The Hall–Kier alpha value is -1.13. The van der Waals surface area contributed by atoms with Gasteiger partial charge < -0.3 is 10.2 Å². The highest BCUT2D eigenvalue weighted by molar-refractivity contribution is 5.41. The minimum absolute atomic E-state index is 0.555. The fourth-order valence-electron chi connectivity index (χ4n) is 1.28. The third-order valence-electron chi connectivity index (χ3n) is 2.13. The van der Waals surface area contributed by atoms with E-state index in [4.69, 9.17) is 10.6 Å². The monoisotopic (exact) mass is 209 g/mol. The van der Waals surface area contributed by atoms with E-state index in [9.17, 15) is 0 Å². The number of nitrogens with zero attached hydrogens (tertiary/aromatic N) is 1. The third kappa shape index (κ3) is 4.76. The van der Waals surface area contributed by atoms with Gasteiger partial charge in [-0.2, -0.15) is 0 Å². The molecule has 0 amide bonds. The molecule has 0 aliphatic heterocycles. The van der Waals surface area contributed by atoms with E-state index in [-0.39, 0.29) is 0 Å². The number of pyridine rings is 1. The van der Waals surface area contributed by atoms with Gasteiger partial charge in [0.1, 0.15) is 0 Å². The molecule has 0 saturated carbocycles. The molecule has 0 saturated heterocycles. The van der Waals surface area contributed by atoms with Crippen LogP contribution in [0.1, 0.15) is 31.9 Å². The largest absolute Gasteiger partial charge is 0.375 e. The maximum absolute atomic E-state index is 5.49. The van der Waals surface area contributed by atoms with E-state index >= 15 is 0 Å². The molecular weight excluding hydrogens is 190 g/mol. The minimum Gasteiger partial charge on any atom is -0.375 e. The molecule has 0 atom stereocenters. The van der Waals surface area contributed by atoms with E-state index < -0.39 is 0 Å². The van der Waals surface area contributed by atoms with E-state index in [1.807, 2.05) is 12.1 Å². The van der Waals surface area contributed by atoms with Gasteiger partial charge in [-0.05, 0) is 18.6 Å². The summed E-state index contributed by atoms with van der Waals surface area (Å²) in [7, 11) is 0. The molecule has 0 bridgehead atoms. The molecule has 0 aliphatic rings. The van der Waals surface area contributed by atoms with Gasteiger partial charge in [0.25, 0.3) is 0 Å². The van der Waals surface area contributed by atoms with E-state index in [0.717, 1.165) is 24.4 Å². The minimum atomic E-state index is 0.555. The predicted molar refractivity (Wildman–Crippen MR) is 61.2 cm³/mol. The van der Waals surface area contributed by atoms with Crippen molar-refractivity contribution in [2.75, 3.05) is 12.0 Å². The van der Waals surface area contributed by atoms with Crippen molar-refractivity contribution in [1.29, 1.82) is 0 Å². The van der Waals surface area contributed by atoms with Crippen molar-refractivity contribution in [3.05, 3.63) is 24.0 Å². The Morgan fingerprint density at radius 3 is 3.07 bits per heavy atom. The zero-order valence-electron chi connectivity index (χ0n) is 9.20. The van der Waals surface area contributed by atoms with Gasteiger partial charge in [0.2, 0.25) is 0 Å². The van der Waals surface area contributed by atoms with Crippen LogP contribution in [0.15, 0.2) is 18.3 Å². The summed E-state index contributed by atoms with van der Waals surface area (Å²) in [5.74, 6) is 5.29. The van der Waals surface area contributed by atoms with Crippen LogP contribution < -0.4 is 11.3 Å². The maximum Gasteiger partial charge on any atom is 0.0888 e. The van der Waals surface area contributed by atoms with Gasteiger partial charge in [-0.25, -0.2) is 0 Å². The maximum atomic E-state index is 5.49. The molecule has 0 aliphatic carbocycles. The number of nitrogens with two attached hydrogens (primary N) is 1. The van der Waals surface area contributed by atoms with Crippen LogP contribution in [0.3, 0.4) is 0 Å². The highest BCUT2D eigenvalue weighted by atomic mass is 16.5. The molecular formula is C11H19N3O. The second-order valence-corrected chi connectivity index (χ2v) is 3.44. The number of nitrogen functional groups attached to an aromatic ring is 1. The molecule has 1 aromatic rings.